The van der Waals surface area contributed by atoms with Crippen LogP contribution in [0.1, 0.15) is 10.4 Å². The molecule has 1 aliphatic heterocycles. The molecule has 22 heavy (non-hydrogen) atoms. The number of carbonyl (C=O) groups is 2. The van der Waals surface area contributed by atoms with Crippen molar-refractivity contribution < 1.29 is 19.8 Å². The van der Waals surface area contributed by atoms with E-state index in [0.717, 1.165) is 5.39 Å². The first-order valence-corrected chi connectivity index (χ1v) is 6.90. The van der Waals surface area contributed by atoms with Crippen molar-refractivity contribution in [3.63, 3.8) is 0 Å². The zero-order valence-corrected chi connectivity index (χ0v) is 11.7. The number of phenolic OH excluding ortho intramolecular Hbond substituents is 1. The molecule has 2 heterocycles. The third-order valence-corrected chi connectivity index (χ3v) is 3.74. The van der Waals surface area contributed by atoms with Crippen molar-refractivity contribution >= 4 is 22.8 Å². The van der Waals surface area contributed by atoms with Crippen molar-refractivity contribution in [2.45, 2.75) is 6.04 Å². The molecule has 2 aromatic rings. The van der Waals surface area contributed by atoms with Crippen LogP contribution in [0.15, 0.2) is 30.5 Å². The highest BCUT2D eigenvalue weighted by molar-refractivity contribution is 6.02. The molecule has 1 fully saturated rings. The van der Waals surface area contributed by atoms with E-state index in [-0.39, 0.29) is 17.9 Å². The van der Waals surface area contributed by atoms with E-state index >= 15 is 0 Å². The van der Waals surface area contributed by atoms with Crippen LogP contribution in [-0.4, -0.2) is 57.6 Å². The number of aromatic nitrogens is 1. The first kappa shape index (κ1) is 14.3. The SMILES string of the molecule is O=C(O)[C@@H]1CN(C(=O)c2ccc3cccnc3c2O)CCN1. The van der Waals surface area contributed by atoms with Gasteiger partial charge < -0.3 is 20.4 Å². The van der Waals surface area contributed by atoms with Crippen molar-refractivity contribution in [3.05, 3.63) is 36.0 Å². The van der Waals surface area contributed by atoms with Gasteiger partial charge in [0.2, 0.25) is 0 Å². The molecule has 7 nitrogen and oxygen atoms in total. The van der Waals surface area contributed by atoms with Crippen LogP contribution in [-0.2, 0) is 4.79 Å². The molecule has 0 saturated carbocycles. The lowest BCUT2D eigenvalue weighted by atomic mass is 10.1. The molecular formula is C15H15N3O4. The van der Waals surface area contributed by atoms with Crippen molar-refractivity contribution in [2.75, 3.05) is 19.6 Å². The Balaban J connectivity index is 1.92. The largest absolute Gasteiger partial charge is 0.505 e. The Morgan fingerprint density at radius 2 is 2.14 bits per heavy atom. The second-order valence-corrected chi connectivity index (χ2v) is 5.13. The summed E-state index contributed by atoms with van der Waals surface area (Å²) >= 11 is 0. The summed E-state index contributed by atoms with van der Waals surface area (Å²) in [4.78, 5) is 29.1. The number of aliphatic carboxylic acids is 1. The third kappa shape index (κ3) is 2.46. The highest BCUT2D eigenvalue weighted by atomic mass is 16.4. The van der Waals surface area contributed by atoms with Crippen molar-refractivity contribution in [1.82, 2.24) is 15.2 Å². The minimum Gasteiger partial charge on any atom is -0.505 e. The van der Waals surface area contributed by atoms with E-state index in [4.69, 9.17) is 5.11 Å². The summed E-state index contributed by atoms with van der Waals surface area (Å²) in [5.41, 5.74) is 0.496. The van der Waals surface area contributed by atoms with Crippen LogP contribution in [0, 0.1) is 0 Å². The molecule has 1 atom stereocenters. The minimum atomic E-state index is -0.998. The summed E-state index contributed by atoms with van der Waals surface area (Å²) in [5.74, 6) is -1.56. The number of piperazine rings is 1. The quantitative estimate of drug-likeness (QED) is 0.744. The molecule has 3 N–H and O–H groups in total. The second kappa shape index (κ2) is 5.61. The summed E-state index contributed by atoms with van der Waals surface area (Å²) < 4.78 is 0. The molecular weight excluding hydrogens is 286 g/mol. The van der Waals surface area contributed by atoms with Crippen LogP contribution < -0.4 is 5.32 Å². The minimum absolute atomic E-state index is 0.0634. The van der Waals surface area contributed by atoms with Gasteiger partial charge in [-0.25, -0.2) is 0 Å². The Kier molecular flexibility index (Phi) is 3.64. The molecule has 0 aliphatic carbocycles. The number of nitrogens with one attached hydrogen (secondary N) is 1. The average Bonchev–Trinajstić information content (AvgIpc) is 2.55. The summed E-state index contributed by atoms with van der Waals surface area (Å²) in [6, 6.07) is 6.00. The first-order valence-electron chi connectivity index (χ1n) is 6.90. The van der Waals surface area contributed by atoms with Gasteiger partial charge in [0.25, 0.3) is 5.91 Å². The Morgan fingerprint density at radius 3 is 2.91 bits per heavy atom. The zero-order valence-electron chi connectivity index (χ0n) is 11.7. The molecule has 0 bridgehead atoms. The summed E-state index contributed by atoms with van der Waals surface area (Å²) in [7, 11) is 0. The second-order valence-electron chi connectivity index (χ2n) is 5.13. The number of rotatable bonds is 2. The van der Waals surface area contributed by atoms with Gasteiger partial charge in [0.15, 0.2) is 5.75 Å². The van der Waals surface area contributed by atoms with Crippen LogP contribution in [0.5, 0.6) is 5.75 Å². The van der Waals surface area contributed by atoms with E-state index in [1.807, 2.05) is 0 Å². The summed E-state index contributed by atoms with van der Waals surface area (Å²) in [6.07, 6.45) is 1.54. The number of carboxylic acid groups (broad SMARTS) is 1. The van der Waals surface area contributed by atoms with Crippen LogP contribution in [0.2, 0.25) is 0 Å². The fraction of sp³-hybridized carbons (Fsp3) is 0.267. The maximum absolute atomic E-state index is 12.5. The van der Waals surface area contributed by atoms with Gasteiger partial charge in [-0.1, -0.05) is 12.1 Å². The number of phenols is 1. The predicted molar refractivity (Wildman–Crippen MR) is 78.7 cm³/mol. The number of hydrogen-bond donors (Lipinski definition) is 3. The van der Waals surface area contributed by atoms with Gasteiger partial charge in [-0.3, -0.25) is 14.6 Å². The first-order chi connectivity index (χ1) is 10.6. The Hall–Kier alpha value is -2.67. The van der Waals surface area contributed by atoms with Crippen LogP contribution in [0.25, 0.3) is 10.9 Å². The highest BCUT2D eigenvalue weighted by Gasteiger charge is 2.29. The number of carboxylic acids is 1. The Labute approximate surface area is 126 Å². The normalized spacial score (nSPS) is 18.4. The summed E-state index contributed by atoms with van der Waals surface area (Å²) in [5, 5.41) is 22.9. The monoisotopic (exact) mass is 301 g/mol. The number of hydrogen-bond acceptors (Lipinski definition) is 5. The number of benzene rings is 1. The van der Waals surface area contributed by atoms with Crippen molar-refractivity contribution in [2.24, 2.45) is 0 Å². The van der Waals surface area contributed by atoms with Gasteiger partial charge in [0.1, 0.15) is 11.6 Å². The molecule has 1 saturated heterocycles. The van der Waals surface area contributed by atoms with Gasteiger partial charge in [-0.2, -0.15) is 0 Å². The molecule has 3 rings (SSSR count). The highest BCUT2D eigenvalue weighted by Crippen LogP contribution is 2.28. The maximum Gasteiger partial charge on any atom is 0.322 e. The Bertz CT molecular complexity index is 747. The number of pyridine rings is 1. The lowest BCUT2D eigenvalue weighted by Crippen LogP contribution is -2.55. The lowest BCUT2D eigenvalue weighted by molar-refractivity contribution is -0.140. The maximum atomic E-state index is 12.5. The van der Waals surface area contributed by atoms with Crippen molar-refractivity contribution in [1.29, 1.82) is 0 Å². The number of carbonyl (C=O) groups excluding carboxylic acids is 1. The van der Waals surface area contributed by atoms with Crippen LogP contribution in [0.3, 0.4) is 0 Å². The van der Waals surface area contributed by atoms with Crippen molar-refractivity contribution in [3.8, 4) is 5.75 Å². The molecule has 1 aliphatic rings. The average molecular weight is 301 g/mol. The van der Waals surface area contributed by atoms with E-state index in [2.05, 4.69) is 10.3 Å². The van der Waals surface area contributed by atoms with E-state index in [0.29, 0.717) is 18.6 Å². The molecule has 1 aromatic carbocycles. The number of aromatic hydroxyl groups is 1. The molecule has 1 aromatic heterocycles. The summed E-state index contributed by atoms with van der Waals surface area (Å²) in [6.45, 7) is 0.853. The molecule has 0 spiro atoms. The molecule has 1 amide bonds. The Morgan fingerprint density at radius 1 is 1.32 bits per heavy atom. The standard InChI is InChI=1S/C15H15N3O4/c19-13-10(4-3-9-2-1-5-17-12(9)13)14(20)18-7-6-16-11(8-18)15(21)22/h1-5,11,16,19H,6-8H2,(H,21,22)/t11-/m0/s1. The van der Waals surface area contributed by atoms with Gasteiger partial charge >= 0.3 is 5.97 Å². The zero-order chi connectivity index (χ0) is 15.7. The molecule has 114 valence electrons. The predicted octanol–water partition coefficient (Wildman–Crippen LogP) is 0.439. The van der Waals surface area contributed by atoms with Gasteiger partial charge in [0.05, 0.1) is 5.56 Å². The third-order valence-electron chi connectivity index (χ3n) is 3.74. The smallest absolute Gasteiger partial charge is 0.322 e. The molecule has 0 unspecified atom stereocenters. The van der Waals surface area contributed by atoms with Crippen LogP contribution in [0.4, 0.5) is 0 Å². The van der Waals surface area contributed by atoms with Gasteiger partial charge in [-0.15, -0.1) is 0 Å². The van der Waals surface area contributed by atoms with Gasteiger partial charge in [0, 0.05) is 31.2 Å². The topological polar surface area (TPSA) is 103 Å². The lowest BCUT2D eigenvalue weighted by Gasteiger charge is -2.31. The van der Waals surface area contributed by atoms with E-state index in [1.54, 1.807) is 30.5 Å². The number of fused-ring (bicyclic) bond motifs is 1. The van der Waals surface area contributed by atoms with Gasteiger partial charge in [-0.05, 0) is 12.1 Å². The van der Waals surface area contributed by atoms with E-state index < -0.39 is 17.9 Å². The fourth-order valence-electron chi connectivity index (χ4n) is 2.57. The fourth-order valence-corrected chi connectivity index (χ4v) is 2.57. The van der Waals surface area contributed by atoms with Crippen LogP contribution >= 0.6 is 0 Å². The van der Waals surface area contributed by atoms with E-state index in [9.17, 15) is 14.7 Å². The molecule has 0 radical (unpaired) electrons. The molecule has 7 heteroatoms. The number of nitrogens with zero attached hydrogens (tertiary/aromatic N) is 2. The number of amides is 1. The van der Waals surface area contributed by atoms with E-state index in [1.165, 1.54) is 4.90 Å².